The van der Waals surface area contributed by atoms with Crippen molar-refractivity contribution in [2.45, 2.75) is 110 Å². The van der Waals surface area contributed by atoms with Gasteiger partial charge in [-0.2, -0.15) is 11.1 Å². The van der Waals surface area contributed by atoms with Crippen molar-refractivity contribution in [3.8, 4) is 0 Å². The number of unbranched alkanes of at least 4 members (excludes halogenated alkanes) is 15. The van der Waals surface area contributed by atoms with Crippen LogP contribution in [-0.4, -0.2) is 6.54 Å². The summed E-state index contributed by atoms with van der Waals surface area (Å²) in [6.07, 6.45) is 22.6. The number of hydrogen-bond acceptors (Lipinski definition) is 4. The molecule has 0 aliphatic carbocycles. The Labute approximate surface area is 187 Å². The van der Waals surface area contributed by atoms with Crippen LogP contribution in [0.4, 0.5) is 0 Å². The van der Waals surface area contributed by atoms with Gasteiger partial charge in [-0.05, 0) is 6.42 Å². The van der Waals surface area contributed by atoms with Crippen LogP contribution in [0.3, 0.4) is 0 Å². The van der Waals surface area contributed by atoms with Crippen LogP contribution in [0.1, 0.15) is 110 Å². The molecule has 26 heavy (non-hydrogen) atoms. The fourth-order valence-corrected chi connectivity index (χ4v) is 2.88. The first-order valence-corrected chi connectivity index (χ1v) is 9.85. The summed E-state index contributed by atoms with van der Waals surface area (Å²) >= 11 is 0. The van der Waals surface area contributed by atoms with E-state index in [1.54, 1.807) is 0 Å². The highest BCUT2D eigenvalue weighted by atomic mass is 35.5. The van der Waals surface area contributed by atoms with E-state index in [0.29, 0.717) is 0 Å². The molecule has 0 aromatic heterocycles. The number of halogens is 4. The summed E-state index contributed by atoms with van der Waals surface area (Å²) in [7, 11) is 0. The summed E-state index contributed by atoms with van der Waals surface area (Å²) in [5.41, 5.74) is 8.04. The Bertz CT molecular complexity index is 184. The van der Waals surface area contributed by atoms with Gasteiger partial charge in [0, 0.05) is 6.54 Å². The van der Waals surface area contributed by atoms with Gasteiger partial charge in [0.1, 0.15) is 0 Å². The lowest BCUT2D eigenvalue weighted by atomic mass is 10.0. The van der Waals surface area contributed by atoms with Crippen molar-refractivity contribution in [3.05, 3.63) is 0 Å². The minimum Gasteiger partial charge on any atom is -0.257 e. The van der Waals surface area contributed by atoms with E-state index in [4.69, 9.17) is 5.84 Å². The third-order valence-corrected chi connectivity index (χ3v) is 4.32. The molecule has 0 unspecified atom stereocenters. The van der Waals surface area contributed by atoms with Crippen molar-refractivity contribution in [1.82, 2.24) is 16.5 Å². The first-order valence-electron chi connectivity index (χ1n) is 9.85. The average Bonchev–Trinajstić information content (AvgIpc) is 2.54. The molecule has 0 fully saturated rings. The van der Waals surface area contributed by atoms with Gasteiger partial charge in [0.2, 0.25) is 0 Å². The molecule has 0 bridgehead atoms. The van der Waals surface area contributed by atoms with Crippen molar-refractivity contribution >= 4 is 49.6 Å². The van der Waals surface area contributed by atoms with Gasteiger partial charge in [0.15, 0.2) is 0 Å². The van der Waals surface area contributed by atoms with Crippen LogP contribution in [0.2, 0.25) is 0 Å². The molecule has 0 radical (unpaired) electrons. The van der Waals surface area contributed by atoms with E-state index in [2.05, 4.69) is 23.4 Å². The summed E-state index contributed by atoms with van der Waals surface area (Å²) in [6.45, 7) is 3.26. The van der Waals surface area contributed by atoms with Crippen molar-refractivity contribution in [2.24, 2.45) is 5.84 Å². The van der Waals surface area contributed by atoms with Gasteiger partial charge in [-0.1, -0.05) is 103 Å². The molecule has 0 amide bonds. The first kappa shape index (κ1) is 37.7. The molecular formula is C18H46Cl4N4. The lowest BCUT2D eigenvalue weighted by molar-refractivity contribution is 0.431. The van der Waals surface area contributed by atoms with Gasteiger partial charge < -0.3 is 0 Å². The van der Waals surface area contributed by atoms with E-state index in [1.165, 1.54) is 103 Å². The molecule has 0 atom stereocenters. The molecule has 0 rings (SSSR count). The molecule has 0 heterocycles. The van der Waals surface area contributed by atoms with E-state index in [-0.39, 0.29) is 49.6 Å². The summed E-state index contributed by atoms with van der Waals surface area (Å²) < 4.78 is 0. The van der Waals surface area contributed by atoms with Crippen LogP contribution in [-0.2, 0) is 0 Å². The van der Waals surface area contributed by atoms with E-state index in [1.807, 2.05) is 0 Å². The molecule has 5 N–H and O–H groups in total. The highest BCUT2D eigenvalue weighted by molar-refractivity contribution is 5.86. The number of nitrogens with one attached hydrogen (secondary N) is 3. The van der Waals surface area contributed by atoms with Crippen LogP contribution in [0.15, 0.2) is 0 Å². The Morgan fingerprint density at radius 2 is 0.808 bits per heavy atom. The Kier molecular flexibility index (Phi) is 53.4. The topological polar surface area (TPSA) is 62.1 Å². The van der Waals surface area contributed by atoms with Gasteiger partial charge in [0.05, 0.1) is 0 Å². The summed E-state index contributed by atoms with van der Waals surface area (Å²) in [5, 5.41) is 0. The maximum atomic E-state index is 5.08. The molecular weight excluding hydrogens is 414 g/mol. The zero-order valence-electron chi connectivity index (χ0n) is 16.7. The average molecular weight is 460 g/mol. The zero-order chi connectivity index (χ0) is 16.1. The van der Waals surface area contributed by atoms with Crippen LogP contribution >= 0.6 is 49.6 Å². The fourth-order valence-electron chi connectivity index (χ4n) is 2.88. The molecule has 0 saturated heterocycles. The van der Waals surface area contributed by atoms with E-state index in [0.717, 1.165) is 6.54 Å². The fraction of sp³-hybridized carbons (Fsp3) is 1.00. The molecule has 0 aromatic rings. The van der Waals surface area contributed by atoms with Gasteiger partial charge in [-0.15, -0.1) is 49.6 Å². The Morgan fingerprint density at radius 3 is 1.12 bits per heavy atom. The highest BCUT2D eigenvalue weighted by Gasteiger charge is 1.94. The zero-order valence-corrected chi connectivity index (χ0v) is 20.0. The lowest BCUT2D eigenvalue weighted by Crippen LogP contribution is -2.47. The number of nitrogens with two attached hydrogens (primary N) is 1. The van der Waals surface area contributed by atoms with E-state index < -0.39 is 0 Å². The molecule has 0 aliphatic rings. The van der Waals surface area contributed by atoms with Gasteiger partial charge in [-0.25, -0.2) is 5.43 Å². The van der Waals surface area contributed by atoms with E-state index in [9.17, 15) is 0 Å². The smallest absolute Gasteiger partial charge is 0.0113 e. The number of hydrogen-bond donors (Lipinski definition) is 4. The van der Waals surface area contributed by atoms with E-state index >= 15 is 0 Å². The van der Waals surface area contributed by atoms with Crippen LogP contribution in [0.25, 0.3) is 0 Å². The summed E-state index contributed by atoms with van der Waals surface area (Å²) in [4.78, 5) is 0. The second-order valence-electron chi connectivity index (χ2n) is 6.50. The minimum atomic E-state index is 0. The monoisotopic (exact) mass is 458 g/mol. The van der Waals surface area contributed by atoms with Crippen molar-refractivity contribution in [2.75, 3.05) is 6.54 Å². The van der Waals surface area contributed by atoms with Crippen molar-refractivity contribution in [1.29, 1.82) is 0 Å². The quantitative estimate of drug-likeness (QED) is 0.102. The van der Waals surface area contributed by atoms with Gasteiger partial charge >= 0.3 is 0 Å². The molecule has 0 aromatic carbocycles. The van der Waals surface area contributed by atoms with Gasteiger partial charge in [-0.3, -0.25) is 5.84 Å². The SMILES string of the molecule is CCCCCCCCCCCCCCCCCCNNNN.Cl.Cl.Cl.Cl. The van der Waals surface area contributed by atoms with Crippen LogP contribution in [0, 0.1) is 0 Å². The lowest BCUT2D eigenvalue weighted by Gasteiger charge is -2.05. The highest BCUT2D eigenvalue weighted by Crippen LogP contribution is 2.13. The van der Waals surface area contributed by atoms with Crippen molar-refractivity contribution in [3.63, 3.8) is 0 Å². The maximum absolute atomic E-state index is 5.08. The Morgan fingerprint density at radius 1 is 0.500 bits per heavy atom. The standard InChI is InChI=1S/C18H42N4.4ClH/c1-2-3-4-5-6-7-8-9-10-11-12-13-14-15-16-17-18-20-22-21-19;;;;/h20-22H,2-19H2,1H3;4*1H. The van der Waals surface area contributed by atoms with Crippen LogP contribution in [0.5, 0.6) is 0 Å². The molecule has 0 saturated carbocycles. The molecule has 8 heteroatoms. The second kappa shape index (κ2) is 36.8. The number of rotatable bonds is 19. The summed E-state index contributed by atoms with van der Waals surface area (Å²) in [5.74, 6) is 5.08. The van der Waals surface area contributed by atoms with Crippen LogP contribution < -0.4 is 22.3 Å². The maximum Gasteiger partial charge on any atom is 0.0113 e. The molecule has 0 aliphatic heterocycles. The Hall–Kier alpha value is 1.00. The Balaban J connectivity index is -0.000000367. The first-order chi connectivity index (χ1) is 10.9. The largest absolute Gasteiger partial charge is 0.257 e. The summed E-state index contributed by atoms with van der Waals surface area (Å²) in [6, 6.07) is 0. The molecule has 166 valence electrons. The normalized spacial score (nSPS) is 9.46. The third-order valence-electron chi connectivity index (χ3n) is 4.32. The number of hydrazine groups is 3. The predicted octanol–water partition coefficient (Wildman–Crippen LogP) is 6.41. The predicted molar refractivity (Wildman–Crippen MR) is 127 cm³/mol. The van der Waals surface area contributed by atoms with Crippen molar-refractivity contribution < 1.29 is 0 Å². The molecule has 4 nitrogen and oxygen atoms in total. The van der Waals surface area contributed by atoms with Gasteiger partial charge in [0.25, 0.3) is 0 Å². The third kappa shape index (κ3) is 36.0. The molecule has 0 spiro atoms. The second-order valence-corrected chi connectivity index (χ2v) is 6.50. The minimum absolute atomic E-state index is 0.